The molecule has 0 saturated carbocycles. The molecule has 1 saturated heterocycles. The summed E-state index contributed by atoms with van der Waals surface area (Å²) >= 11 is 0. The zero-order valence-electron chi connectivity index (χ0n) is 10.3. The molecule has 0 aromatic heterocycles. The van der Waals surface area contributed by atoms with Gasteiger partial charge in [0.1, 0.15) is 0 Å². The third-order valence-corrected chi connectivity index (χ3v) is 5.14. The number of rotatable bonds is 6. The van der Waals surface area contributed by atoms with Crippen LogP contribution >= 0.6 is 0 Å². The summed E-state index contributed by atoms with van der Waals surface area (Å²) in [4.78, 5) is 10.6. The Hall–Kier alpha value is -0.620. The lowest BCUT2D eigenvalue weighted by Gasteiger charge is -2.30. The van der Waals surface area contributed by atoms with Gasteiger partial charge in [0.2, 0.25) is 10.0 Å². The Balaban J connectivity index is 2.43. The number of piperidine rings is 1. The molecule has 1 aliphatic heterocycles. The van der Waals surface area contributed by atoms with Crippen molar-refractivity contribution in [2.75, 3.05) is 18.8 Å². The Morgan fingerprint density at radius 3 is 2.41 bits per heavy atom. The van der Waals surface area contributed by atoms with Crippen LogP contribution in [0, 0.1) is 5.92 Å². The van der Waals surface area contributed by atoms with Crippen molar-refractivity contribution in [1.82, 2.24) is 4.31 Å². The number of nitrogens with zero attached hydrogens (tertiary/aromatic N) is 1. The van der Waals surface area contributed by atoms with Crippen LogP contribution in [-0.4, -0.2) is 42.6 Å². The van der Waals surface area contributed by atoms with E-state index >= 15 is 0 Å². The maximum Gasteiger partial charge on any atom is 0.303 e. The quantitative estimate of drug-likeness (QED) is 0.784. The summed E-state index contributed by atoms with van der Waals surface area (Å²) in [5, 5.41) is 8.68. The van der Waals surface area contributed by atoms with E-state index in [9.17, 15) is 13.2 Å². The highest BCUT2D eigenvalue weighted by Gasteiger charge is 2.28. The molecule has 0 aromatic rings. The van der Waals surface area contributed by atoms with Crippen LogP contribution in [0.25, 0.3) is 0 Å². The summed E-state index contributed by atoms with van der Waals surface area (Å²) in [5.74, 6) is -0.449. The molecule has 0 spiro atoms. The molecule has 1 N–H and O–H groups in total. The zero-order valence-corrected chi connectivity index (χ0v) is 11.1. The molecule has 0 aliphatic carbocycles. The monoisotopic (exact) mass is 263 g/mol. The maximum atomic E-state index is 11.9. The number of hydrogen-bond acceptors (Lipinski definition) is 3. The second-order valence-corrected chi connectivity index (χ2v) is 6.70. The smallest absolute Gasteiger partial charge is 0.303 e. The van der Waals surface area contributed by atoms with Crippen LogP contribution in [0.5, 0.6) is 0 Å². The molecular formula is C11H21NO4S. The topological polar surface area (TPSA) is 74.7 Å². The van der Waals surface area contributed by atoms with Crippen LogP contribution in [-0.2, 0) is 14.8 Å². The largest absolute Gasteiger partial charge is 0.481 e. The van der Waals surface area contributed by atoms with Gasteiger partial charge in [-0.2, -0.15) is 0 Å². The summed E-state index contributed by atoms with van der Waals surface area (Å²) in [5.41, 5.74) is 0. The Kier molecular flexibility index (Phi) is 5.39. The molecule has 5 nitrogen and oxygen atoms in total. The number of carboxylic acids is 1. The van der Waals surface area contributed by atoms with Crippen LogP contribution in [0.1, 0.15) is 39.0 Å². The first-order valence-electron chi connectivity index (χ1n) is 6.15. The van der Waals surface area contributed by atoms with Crippen LogP contribution in [0.2, 0.25) is 0 Å². The van der Waals surface area contributed by atoms with Crippen molar-refractivity contribution in [3.05, 3.63) is 0 Å². The third-order valence-electron chi connectivity index (χ3n) is 3.19. The van der Waals surface area contributed by atoms with Crippen molar-refractivity contribution in [3.63, 3.8) is 0 Å². The number of sulfonamides is 1. The second kappa shape index (κ2) is 6.35. The second-order valence-electron chi connectivity index (χ2n) is 4.61. The highest BCUT2D eigenvalue weighted by molar-refractivity contribution is 7.89. The number of aliphatic carboxylic acids is 1. The first-order valence-corrected chi connectivity index (χ1v) is 7.76. The van der Waals surface area contributed by atoms with Gasteiger partial charge in [-0.25, -0.2) is 12.7 Å². The van der Waals surface area contributed by atoms with E-state index in [1.54, 1.807) is 0 Å². The van der Waals surface area contributed by atoms with Gasteiger partial charge >= 0.3 is 5.97 Å². The van der Waals surface area contributed by atoms with Crippen LogP contribution in [0.4, 0.5) is 0 Å². The molecule has 0 radical (unpaired) electrons. The fourth-order valence-electron chi connectivity index (χ4n) is 2.09. The van der Waals surface area contributed by atoms with Crippen LogP contribution in [0.15, 0.2) is 0 Å². The van der Waals surface area contributed by atoms with Crippen molar-refractivity contribution in [2.24, 2.45) is 5.92 Å². The van der Waals surface area contributed by atoms with Gasteiger partial charge < -0.3 is 5.11 Å². The summed E-state index contributed by atoms with van der Waals surface area (Å²) < 4.78 is 25.3. The molecule has 0 bridgehead atoms. The average Bonchev–Trinajstić information content (AvgIpc) is 2.26. The molecule has 1 aliphatic rings. The Morgan fingerprint density at radius 2 is 1.94 bits per heavy atom. The van der Waals surface area contributed by atoms with Crippen LogP contribution < -0.4 is 0 Å². The minimum absolute atomic E-state index is 0.130. The van der Waals surface area contributed by atoms with Gasteiger partial charge in [0.15, 0.2) is 0 Å². The minimum atomic E-state index is -3.11. The van der Waals surface area contributed by atoms with Crippen molar-refractivity contribution in [1.29, 1.82) is 0 Å². The van der Waals surface area contributed by atoms with E-state index in [0.29, 0.717) is 32.4 Å². The minimum Gasteiger partial charge on any atom is -0.481 e. The molecule has 0 aromatic carbocycles. The zero-order chi connectivity index (χ0) is 12.9. The Morgan fingerprint density at radius 1 is 1.35 bits per heavy atom. The third kappa shape index (κ3) is 4.63. The van der Waals surface area contributed by atoms with Crippen molar-refractivity contribution in [2.45, 2.75) is 39.0 Å². The van der Waals surface area contributed by atoms with Gasteiger partial charge in [-0.15, -0.1) is 0 Å². The summed E-state index contributed by atoms with van der Waals surface area (Å²) in [6.45, 7) is 2.92. The lowest BCUT2D eigenvalue weighted by Crippen LogP contribution is -2.40. The summed E-state index contributed by atoms with van der Waals surface area (Å²) in [7, 11) is -3.11. The van der Waals surface area contributed by atoms with E-state index in [-0.39, 0.29) is 18.1 Å². The van der Waals surface area contributed by atoms with Gasteiger partial charge in [0.25, 0.3) is 0 Å². The molecule has 0 unspecified atom stereocenters. The van der Waals surface area contributed by atoms with Crippen LogP contribution in [0.3, 0.4) is 0 Å². The van der Waals surface area contributed by atoms with Gasteiger partial charge in [0.05, 0.1) is 5.75 Å². The van der Waals surface area contributed by atoms with E-state index in [4.69, 9.17) is 5.11 Å². The first-order chi connectivity index (χ1) is 7.95. The van der Waals surface area contributed by atoms with E-state index < -0.39 is 16.0 Å². The molecule has 6 heteroatoms. The van der Waals surface area contributed by atoms with E-state index in [0.717, 1.165) is 6.42 Å². The molecule has 1 rings (SSSR count). The first kappa shape index (κ1) is 14.4. The fourth-order valence-corrected chi connectivity index (χ4v) is 3.77. The predicted molar refractivity (Wildman–Crippen MR) is 65.2 cm³/mol. The lowest BCUT2D eigenvalue weighted by atomic mass is 9.95. The molecule has 100 valence electrons. The van der Waals surface area contributed by atoms with Gasteiger partial charge in [-0.1, -0.05) is 13.3 Å². The molecule has 1 fully saturated rings. The number of hydrogen-bond donors (Lipinski definition) is 1. The van der Waals surface area contributed by atoms with Gasteiger partial charge in [-0.05, 0) is 25.2 Å². The summed E-state index contributed by atoms with van der Waals surface area (Å²) in [6, 6.07) is 0. The van der Waals surface area contributed by atoms with Crippen molar-refractivity contribution >= 4 is 16.0 Å². The maximum absolute atomic E-state index is 11.9. The fraction of sp³-hybridized carbons (Fsp3) is 0.909. The van der Waals surface area contributed by atoms with Crippen molar-refractivity contribution in [3.8, 4) is 0 Å². The molecule has 0 atom stereocenters. The molecule has 17 heavy (non-hydrogen) atoms. The Bertz CT molecular complexity index is 344. The SMILES string of the molecule is CCCCS(=O)(=O)N1CCC(CC(=O)O)CC1. The number of unbranched alkanes of at least 4 members (excludes halogenated alkanes) is 1. The summed E-state index contributed by atoms with van der Waals surface area (Å²) in [6.07, 6.45) is 3.05. The Labute approximate surface area is 103 Å². The highest BCUT2D eigenvalue weighted by Crippen LogP contribution is 2.22. The van der Waals surface area contributed by atoms with Crippen molar-refractivity contribution < 1.29 is 18.3 Å². The van der Waals surface area contributed by atoms with E-state index in [1.165, 1.54) is 4.31 Å². The van der Waals surface area contributed by atoms with E-state index in [2.05, 4.69) is 0 Å². The average molecular weight is 263 g/mol. The normalized spacial score (nSPS) is 19.4. The molecular weight excluding hydrogens is 242 g/mol. The van der Waals surface area contributed by atoms with E-state index in [1.807, 2.05) is 6.92 Å². The lowest BCUT2D eigenvalue weighted by molar-refractivity contribution is -0.138. The predicted octanol–water partition coefficient (Wildman–Crippen LogP) is 1.30. The van der Waals surface area contributed by atoms with Gasteiger partial charge in [0, 0.05) is 19.5 Å². The standard InChI is InChI=1S/C11H21NO4S/c1-2-3-8-17(15,16)12-6-4-10(5-7-12)9-11(13)14/h10H,2-9H2,1H3,(H,13,14). The number of carbonyl (C=O) groups is 1. The highest BCUT2D eigenvalue weighted by atomic mass is 32.2. The molecule has 1 heterocycles. The number of carboxylic acid groups (broad SMARTS) is 1. The van der Waals surface area contributed by atoms with Gasteiger partial charge in [-0.3, -0.25) is 4.79 Å². The molecule has 0 amide bonds.